The fourth-order valence-corrected chi connectivity index (χ4v) is 2.29. The van der Waals surface area contributed by atoms with Gasteiger partial charge in [-0.05, 0) is 30.0 Å². The smallest absolute Gasteiger partial charge is 0.161 e. The molecule has 78 valence electrons. The molecule has 0 saturated carbocycles. The molecule has 2 heterocycles. The number of hydrogen-bond donors (Lipinski definition) is 0. The second-order valence-electron chi connectivity index (χ2n) is 3.39. The first-order valence-corrected chi connectivity index (χ1v) is 5.80. The lowest BCUT2D eigenvalue weighted by Crippen LogP contribution is -1.95. The summed E-state index contributed by atoms with van der Waals surface area (Å²) in [5.74, 6) is 0.0945. The van der Waals surface area contributed by atoms with Gasteiger partial charge in [0.25, 0.3) is 0 Å². The molecule has 0 aliphatic carbocycles. The van der Waals surface area contributed by atoms with Crippen molar-refractivity contribution in [3.05, 3.63) is 45.4 Å². The first-order valence-electron chi connectivity index (χ1n) is 4.55. The van der Waals surface area contributed by atoms with E-state index in [2.05, 4.69) is 0 Å². The highest BCUT2D eigenvalue weighted by Crippen LogP contribution is 2.20. The lowest BCUT2D eigenvalue weighted by molar-refractivity contribution is 0.101. The summed E-state index contributed by atoms with van der Waals surface area (Å²) >= 11 is 7.36. The number of aromatic nitrogens is 1. The van der Waals surface area contributed by atoms with E-state index in [9.17, 15) is 4.79 Å². The average Bonchev–Trinajstić information content (AvgIpc) is 2.76. The van der Waals surface area contributed by atoms with Crippen molar-refractivity contribution in [2.45, 2.75) is 13.5 Å². The number of rotatable bonds is 3. The van der Waals surface area contributed by atoms with Gasteiger partial charge in [0, 0.05) is 24.5 Å². The van der Waals surface area contributed by atoms with Gasteiger partial charge in [0.15, 0.2) is 5.78 Å². The maximum Gasteiger partial charge on any atom is 0.161 e. The van der Waals surface area contributed by atoms with E-state index in [0.29, 0.717) is 0 Å². The predicted octanol–water partition coefficient (Wildman–Crippen LogP) is 3.45. The molecular formula is C11H10ClNOS. The molecule has 0 N–H and O–H groups in total. The van der Waals surface area contributed by atoms with E-state index in [-0.39, 0.29) is 5.78 Å². The van der Waals surface area contributed by atoms with Crippen molar-refractivity contribution in [3.63, 3.8) is 0 Å². The molecule has 15 heavy (non-hydrogen) atoms. The van der Waals surface area contributed by atoms with Crippen LogP contribution in [-0.4, -0.2) is 10.4 Å². The Kier molecular flexibility index (Phi) is 2.93. The van der Waals surface area contributed by atoms with Crippen molar-refractivity contribution in [1.82, 2.24) is 4.57 Å². The highest BCUT2D eigenvalue weighted by Gasteiger charge is 2.03. The van der Waals surface area contributed by atoms with Crippen LogP contribution in [0, 0.1) is 0 Å². The molecule has 0 aliphatic heterocycles. The van der Waals surface area contributed by atoms with Gasteiger partial charge in [-0.25, -0.2) is 0 Å². The van der Waals surface area contributed by atoms with Gasteiger partial charge >= 0.3 is 0 Å². The van der Waals surface area contributed by atoms with Crippen molar-refractivity contribution in [3.8, 4) is 0 Å². The third kappa shape index (κ3) is 2.49. The van der Waals surface area contributed by atoms with E-state index in [1.165, 1.54) is 11.3 Å². The summed E-state index contributed by atoms with van der Waals surface area (Å²) in [4.78, 5) is 11.1. The third-order valence-corrected chi connectivity index (χ3v) is 3.28. The third-order valence-electron chi connectivity index (χ3n) is 2.14. The molecule has 0 amide bonds. The molecule has 2 nitrogen and oxygen atoms in total. The Morgan fingerprint density at radius 3 is 2.93 bits per heavy atom. The van der Waals surface area contributed by atoms with Gasteiger partial charge in [-0.2, -0.15) is 0 Å². The first-order chi connectivity index (χ1) is 7.15. The van der Waals surface area contributed by atoms with E-state index in [1.807, 2.05) is 34.5 Å². The molecule has 2 aromatic rings. The van der Waals surface area contributed by atoms with Crippen molar-refractivity contribution in [1.29, 1.82) is 0 Å². The standard InChI is InChI=1S/C11H10ClNOS/c1-8(14)10-2-3-13(6-10)5-9-4-11(12)15-7-9/h2-4,6-7H,5H2,1H3. The number of halogens is 1. The van der Waals surface area contributed by atoms with Crippen molar-refractivity contribution in [2.24, 2.45) is 0 Å². The van der Waals surface area contributed by atoms with Crippen LogP contribution in [0.5, 0.6) is 0 Å². The summed E-state index contributed by atoms with van der Waals surface area (Å²) in [5, 5.41) is 2.02. The number of hydrogen-bond acceptors (Lipinski definition) is 2. The number of carbonyl (C=O) groups is 1. The molecule has 0 unspecified atom stereocenters. The number of Topliss-reactive ketones (excluding diaryl/α,β-unsaturated/α-hetero) is 1. The minimum Gasteiger partial charge on any atom is -0.349 e. The Bertz CT molecular complexity index is 486. The van der Waals surface area contributed by atoms with Gasteiger partial charge in [0.2, 0.25) is 0 Å². The molecule has 0 fully saturated rings. The van der Waals surface area contributed by atoms with Crippen LogP contribution >= 0.6 is 22.9 Å². The summed E-state index contributed by atoms with van der Waals surface area (Å²) < 4.78 is 2.78. The quantitative estimate of drug-likeness (QED) is 0.752. The van der Waals surface area contributed by atoms with Crippen LogP contribution in [0.3, 0.4) is 0 Å². The zero-order valence-corrected chi connectivity index (χ0v) is 9.81. The number of ketones is 1. The number of thiophene rings is 1. The monoisotopic (exact) mass is 239 g/mol. The van der Waals surface area contributed by atoms with Crippen LogP contribution in [0.4, 0.5) is 0 Å². The van der Waals surface area contributed by atoms with Crippen molar-refractivity contribution in [2.75, 3.05) is 0 Å². The lowest BCUT2D eigenvalue weighted by Gasteiger charge is -1.98. The largest absolute Gasteiger partial charge is 0.349 e. The molecule has 4 heteroatoms. The fraction of sp³-hybridized carbons (Fsp3) is 0.182. The Morgan fingerprint density at radius 1 is 1.60 bits per heavy atom. The highest BCUT2D eigenvalue weighted by molar-refractivity contribution is 7.14. The first kappa shape index (κ1) is 10.5. The molecule has 0 saturated heterocycles. The Morgan fingerprint density at radius 2 is 2.40 bits per heavy atom. The van der Waals surface area contributed by atoms with Crippen LogP contribution in [-0.2, 0) is 6.54 Å². The summed E-state index contributed by atoms with van der Waals surface area (Å²) in [6.07, 6.45) is 3.76. The molecule has 2 aromatic heterocycles. The zero-order valence-electron chi connectivity index (χ0n) is 8.24. The average molecular weight is 240 g/mol. The molecule has 0 atom stereocenters. The van der Waals surface area contributed by atoms with Gasteiger partial charge in [0.1, 0.15) is 0 Å². The van der Waals surface area contributed by atoms with Gasteiger partial charge < -0.3 is 4.57 Å². The predicted molar refractivity (Wildman–Crippen MR) is 62.9 cm³/mol. The Labute approximate surface area is 97.1 Å². The Hall–Kier alpha value is -1.06. The van der Waals surface area contributed by atoms with E-state index in [0.717, 1.165) is 22.0 Å². The van der Waals surface area contributed by atoms with Crippen LogP contribution in [0.2, 0.25) is 4.34 Å². The normalized spacial score (nSPS) is 10.5. The summed E-state index contributed by atoms with van der Waals surface area (Å²) in [6, 6.07) is 3.77. The lowest BCUT2D eigenvalue weighted by atomic mass is 10.2. The maximum absolute atomic E-state index is 11.1. The second kappa shape index (κ2) is 4.21. The summed E-state index contributed by atoms with van der Waals surface area (Å²) in [7, 11) is 0. The maximum atomic E-state index is 11.1. The molecule has 2 rings (SSSR count). The summed E-state index contributed by atoms with van der Waals surface area (Å²) in [6.45, 7) is 2.33. The van der Waals surface area contributed by atoms with Crippen LogP contribution in [0.15, 0.2) is 29.9 Å². The van der Waals surface area contributed by atoms with E-state index in [1.54, 1.807) is 6.92 Å². The van der Waals surface area contributed by atoms with Gasteiger partial charge in [-0.3, -0.25) is 4.79 Å². The van der Waals surface area contributed by atoms with Gasteiger partial charge in [-0.1, -0.05) is 11.6 Å². The molecule has 0 radical (unpaired) electrons. The van der Waals surface area contributed by atoms with E-state index < -0.39 is 0 Å². The topological polar surface area (TPSA) is 22.0 Å². The van der Waals surface area contributed by atoms with Crippen molar-refractivity contribution < 1.29 is 4.79 Å². The SMILES string of the molecule is CC(=O)c1ccn(Cc2csc(Cl)c2)c1. The van der Waals surface area contributed by atoms with Crippen LogP contribution in [0.25, 0.3) is 0 Å². The van der Waals surface area contributed by atoms with Gasteiger partial charge in [0.05, 0.1) is 4.34 Å². The summed E-state index contributed by atoms with van der Waals surface area (Å²) in [5.41, 5.74) is 1.91. The molecule has 0 spiro atoms. The number of nitrogens with zero attached hydrogens (tertiary/aromatic N) is 1. The zero-order chi connectivity index (χ0) is 10.8. The minimum absolute atomic E-state index is 0.0945. The highest BCUT2D eigenvalue weighted by atomic mass is 35.5. The minimum atomic E-state index is 0.0945. The number of carbonyl (C=O) groups excluding carboxylic acids is 1. The van der Waals surface area contributed by atoms with E-state index >= 15 is 0 Å². The van der Waals surface area contributed by atoms with Crippen LogP contribution < -0.4 is 0 Å². The van der Waals surface area contributed by atoms with Crippen molar-refractivity contribution >= 4 is 28.7 Å². The second-order valence-corrected chi connectivity index (χ2v) is 4.93. The van der Waals surface area contributed by atoms with E-state index in [4.69, 9.17) is 11.6 Å². The molecule has 0 aromatic carbocycles. The molecule has 0 aliphatic rings. The van der Waals surface area contributed by atoms with Crippen LogP contribution in [0.1, 0.15) is 22.8 Å². The fourth-order valence-electron chi connectivity index (χ4n) is 1.39. The molecular weight excluding hydrogens is 230 g/mol. The van der Waals surface area contributed by atoms with Gasteiger partial charge in [-0.15, -0.1) is 11.3 Å². The molecule has 0 bridgehead atoms. The Balaban J connectivity index is 2.14.